The molecule has 0 spiro atoms. The summed E-state index contributed by atoms with van der Waals surface area (Å²) in [5, 5.41) is 3.05. The van der Waals surface area contributed by atoms with E-state index >= 15 is 0 Å². The Labute approximate surface area is 96.0 Å². The molecule has 1 aliphatic rings. The van der Waals surface area contributed by atoms with E-state index < -0.39 is 0 Å². The normalized spacial score (nSPS) is 18.9. The fourth-order valence-corrected chi connectivity index (χ4v) is 2.23. The summed E-state index contributed by atoms with van der Waals surface area (Å²) >= 11 is 0. The number of nitrogen functional groups attached to an aromatic ring is 1. The zero-order valence-corrected chi connectivity index (χ0v) is 9.62. The van der Waals surface area contributed by atoms with Crippen molar-refractivity contribution in [2.75, 3.05) is 5.73 Å². The summed E-state index contributed by atoms with van der Waals surface area (Å²) in [6.07, 6.45) is 3.53. The number of carbonyl (C=O) groups excluding carboxylic acids is 1. The van der Waals surface area contributed by atoms with Crippen molar-refractivity contribution in [2.45, 2.75) is 38.6 Å². The molecule has 1 atom stereocenters. The van der Waals surface area contributed by atoms with Crippen LogP contribution in [0, 0.1) is 0 Å². The molecule has 0 radical (unpaired) electrons. The lowest BCUT2D eigenvalue weighted by atomic mass is 9.88. The first-order chi connectivity index (χ1) is 7.69. The number of carbonyl (C=O) groups is 1. The number of nitrogens with one attached hydrogen (secondary N) is 1. The van der Waals surface area contributed by atoms with Crippen LogP contribution in [-0.2, 0) is 17.6 Å². The van der Waals surface area contributed by atoms with Crippen LogP contribution >= 0.6 is 0 Å². The molecule has 0 aliphatic heterocycles. The van der Waals surface area contributed by atoms with Gasteiger partial charge in [-0.2, -0.15) is 0 Å². The van der Waals surface area contributed by atoms with Gasteiger partial charge in [-0.05, 0) is 42.5 Å². The van der Waals surface area contributed by atoms with Crippen molar-refractivity contribution in [1.82, 2.24) is 5.32 Å². The van der Waals surface area contributed by atoms with E-state index in [4.69, 9.17) is 5.73 Å². The quantitative estimate of drug-likeness (QED) is 0.742. The Morgan fingerprint density at radius 3 is 3.06 bits per heavy atom. The number of nitrogens with two attached hydrogens (primary N) is 1. The third-order valence-corrected chi connectivity index (χ3v) is 3.14. The summed E-state index contributed by atoms with van der Waals surface area (Å²) in [6.45, 7) is 1.88. The lowest BCUT2D eigenvalue weighted by Gasteiger charge is -2.25. The molecule has 1 amide bonds. The zero-order valence-electron chi connectivity index (χ0n) is 9.62. The molecule has 0 fully saturated rings. The summed E-state index contributed by atoms with van der Waals surface area (Å²) < 4.78 is 0. The number of fused-ring (bicyclic) bond motifs is 1. The van der Waals surface area contributed by atoms with Gasteiger partial charge in [0.25, 0.3) is 0 Å². The van der Waals surface area contributed by atoms with Gasteiger partial charge in [-0.15, -0.1) is 0 Å². The fourth-order valence-electron chi connectivity index (χ4n) is 2.23. The van der Waals surface area contributed by atoms with Crippen molar-refractivity contribution in [2.24, 2.45) is 0 Å². The monoisotopic (exact) mass is 218 g/mol. The topological polar surface area (TPSA) is 55.1 Å². The maximum Gasteiger partial charge on any atom is 0.219 e. The molecule has 0 heterocycles. The zero-order chi connectivity index (χ0) is 11.5. The number of rotatable bonds is 2. The number of hydrogen-bond donors (Lipinski definition) is 2. The van der Waals surface area contributed by atoms with Gasteiger partial charge < -0.3 is 11.1 Å². The summed E-state index contributed by atoms with van der Waals surface area (Å²) in [5.74, 6) is 0.136. The molecule has 0 saturated heterocycles. The highest BCUT2D eigenvalue weighted by molar-refractivity contribution is 5.75. The van der Waals surface area contributed by atoms with E-state index in [1.165, 1.54) is 11.1 Å². The third kappa shape index (κ3) is 2.35. The predicted octanol–water partition coefficient (Wildman–Crippen LogP) is 1.65. The van der Waals surface area contributed by atoms with Crippen molar-refractivity contribution in [1.29, 1.82) is 0 Å². The van der Waals surface area contributed by atoms with Gasteiger partial charge in [-0.3, -0.25) is 4.79 Å². The number of benzene rings is 1. The van der Waals surface area contributed by atoms with Crippen molar-refractivity contribution >= 4 is 11.6 Å². The lowest BCUT2D eigenvalue weighted by Crippen LogP contribution is -2.38. The van der Waals surface area contributed by atoms with Crippen molar-refractivity contribution < 1.29 is 4.79 Å². The Morgan fingerprint density at radius 2 is 2.31 bits per heavy atom. The Morgan fingerprint density at radius 1 is 1.50 bits per heavy atom. The van der Waals surface area contributed by atoms with Gasteiger partial charge in [0.15, 0.2) is 0 Å². The molecule has 16 heavy (non-hydrogen) atoms. The third-order valence-electron chi connectivity index (χ3n) is 3.14. The second-order valence-corrected chi connectivity index (χ2v) is 4.39. The summed E-state index contributed by atoms with van der Waals surface area (Å²) in [6, 6.07) is 6.35. The van der Waals surface area contributed by atoms with E-state index in [1.54, 1.807) is 0 Å². The summed E-state index contributed by atoms with van der Waals surface area (Å²) in [5.41, 5.74) is 9.23. The molecule has 0 bridgehead atoms. The van der Waals surface area contributed by atoms with Crippen LogP contribution in [0.25, 0.3) is 0 Å². The summed E-state index contributed by atoms with van der Waals surface area (Å²) in [7, 11) is 0. The molecular formula is C13H18N2O. The van der Waals surface area contributed by atoms with E-state index in [9.17, 15) is 4.79 Å². The van der Waals surface area contributed by atoms with E-state index in [2.05, 4.69) is 11.4 Å². The van der Waals surface area contributed by atoms with Crippen LogP contribution in [0.4, 0.5) is 5.69 Å². The number of hydrogen-bond acceptors (Lipinski definition) is 2. The van der Waals surface area contributed by atoms with Crippen LogP contribution in [0.3, 0.4) is 0 Å². The van der Waals surface area contributed by atoms with Gasteiger partial charge >= 0.3 is 0 Å². The second-order valence-electron chi connectivity index (χ2n) is 4.39. The molecular weight excluding hydrogens is 200 g/mol. The minimum absolute atomic E-state index is 0.136. The Balaban J connectivity index is 2.08. The van der Waals surface area contributed by atoms with Crippen LogP contribution in [0.15, 0.2) is 18.2 Å². The highest BCUT2D eigenvalue weighted by atomic mass is 16.1. The minimum Gasteiger partial charge on any atom is -0.399 e. The van der Waals surface area contributed by atoms with Crippen LogP contribution in [0.1, 0.15) is 30.9 Å². The molecule has 1 aromatic rings. The van der Waals surface area contributed by atoms with Crippen LogP contribution in [0.2, 0.25) is 0 Å². The number of amides is 1. The molecule has 1 aromatic carbocycles. The molecule has 0 aromatic heterocycles. The van der Waals surface area contributed by atoms with Crippen molar-refractivity contribution in [3.05, 3.63) is 29.3 Å². The fraction of sp³-hybridized carbons (Fsp3) is 0.462. The molecule has 1 aliphatic carbocycles. The Kier molecular flexibility index (Phi) is 3.13. The standard InChI is InChI=1S/C13H18N2O/c1-2-13(16)15-12-6-4-9-3-5-11(14)7-10(9)8-12/h3,5,7,12H,2,4,6,8,14H2,1H3,(H,15,16)/t12-/m1/s1. The second kappa shape index (κ2) is 4.56. The first-order valence-corrected chi connectivity index (χ1v) is 5.85. The lowest BCUT2D eigenvalue weighted by molar-refractivity contribution is -0.121. The average Bonchev–Trinajstić information content (AvgIpc) is 2.28. The summed E-state index contributed by atoms with van der Waals surface area (Å²) in [4.78, 5) is 11.3. The Hall–Kier alpha value is -1.51. The predicted molar refractivity (Wildman–Crippen MR) is 65.1 cm³/mol. The molecule has 3 heteroatoms. The van der Waals surface area contributed by atoms with Gasteiger partial charge in [-0.1, -0.05) is 13.0 Å². The van der Waals surface area contributed by atoms with Crippen LogP contribution in [0.5, 0.6) is 0 Å². The van der Waals surface area contributed by atoms with E-state index in [0.717, 1.165) is 24.9 Å². The molecule has 0 saturated carbocycles. The molecule has 86 valence electrons. The van der Waals surface area contributed by atoms with Gasteiger partial charge in [0, 0.05) is 18.2 Å². The molecule has 0 unspecified atom stereocenters. The minimum atomic E-state index is 0.136. The van der Waals surface area contributed by atoms with E-state index in [1.807, 2.05) is 19.1 Å². The highest BCUT2D eigenvalue weighted by Crippen LogP contribution is 2.23. The first kappa shape index (κ1) is 11.0. The van der Waals surface area contributed by atoms with Crippen LogP contribution < -0.4 is 11.1 Å². The van der Waals surface area contributed by atoms with E-state index in [-0.39, 0.29) is 11.9 Å². The first-order valence-electron chi connectivity index (χ1n) is 5.85. The number of anilines is 1. The van der Waals surface area contributed by atoms with Gasteiger partial charge in [-0.25, -0.2) is 0 Å². The van der Waals surface area contributed by atoms with Crippen LogP contribution in [-0.4, -0.2) is 11.9 Å². The number of aryl methyl sites for hydroxylation is 1. The largest absolute Gasteiger partial charge is 0.399 e. The highest BCUT2D eigenvalue weighted by Gasteiger charge is 2.19. The Bertz CT molecular complexity index is 401. The van der Waals surface area contributed by atoms with E-state index in [0.29, 0.717) is 6.42 Å². The van der Waals surface area contributed by atoms with Crippen molar-refractivity contribution in [3.63, 3.8) is 0 Å². The molecule has 2 rings (SSSR count). The average molecular weight is 218 g/mol. The molecule has 3 N–H and O–H groups in total. The van der Waals surface area contributed by atoms with Crippen molar-refractivity contribution in [3.8, 4) is 0 Å². The smallest absolute Gasteiger partial charge is 0.219 e. The van der Waals surface area contributed by atoms with Gasteiger partial charge in [0.1, 0.15) is 0 Å². The van der Waals surface area contributed by atoms with Gasteiger partial charge in [0.2, 0.25) is 5.91 Å². The SMILES string of the molecule is CCC(=O)N[C@@H]1CCc2ccc(N)cc2C1. The maximum absolute atomic E-state index is 11.3. The van der Waals surface area contributed by atoms with Gasteiger partial charge in [0.05, 0.1) is 0 Å². The maximum atomic E-state index is 11.3. The molecule has 3 nitrogen and oxygen atoms in total.